The summed E-state index contributed by atoms with van der Waals surface area (Å²) >= 11 is 0. The molecule has 0 aliphatic heterocycles. The zero-order valence-electron chi connectivity index (χ0n) is 27.9. The lowest BCUT2D eigenvalue weighted by atomic mass is 9.90. The van der Waals surface area contributed by atoms with Crippen molar-refractivity contribution in [2.45, 2.75) is 39.0 Å². The minimum atomic E-state index is -4.80. The molecule has 0 aliphatic rings. The molecule has 51 heavy (non-hydrogen) atoms. The number of nitrogens with one attached hydrogen (secondary N) is 1. The van der Waals surface area contributed by atoms with Crippen LogP contribution in [0.2, 0.25) is 0 Å². The van der Waals surface area contributed by atoms with E-state index >= 15 is 0 Å². The van der Waals surface area contributed by atoms with Crippen molar-refractivity contribution in [3.05, 3.63) is 138 Å². The number of phosphoric acid groups is 1. The van der Waals surface area contributed by atoms with Crippen LogP contribution in [-0.4, -0.2) is 44.3 Å². The maximum Gasteiger partial charge on any atom is 0.469 e. The quantitative estimate of drug-likeness (QED) is 0.114. The number of nitrogens with zero attached hydrogens (tertiary/aromatic N) is 2. The monoisotopic (exact) mass is 709 g/mol. The number of alkyl carbamates (subject to hydrolysis) is 1. The van der Waals surface area contributed by atoms with E-state index in [1.54, 1.807) is 78.7 Å². The summed E-state index contributed by atoms with van der Waals surface area (Å²) in [4.78, 5) is 62.1. The number of aromatic nitrogens is 1. The lowest BCUT2D eigenvalue weighted by Gasteiger charge is -2.34. The van der Waals surface area contributed by atoms with Crippen LogP contribution in [0.4, 0.5) is 10.5 Å². The van der Waals surface area contributed by atoms with Crippen LogP contribution in [0.25, 0.3) is 21.9 Å². The highest BCUT2D eigenvalue weighted by molar-refractivity contribution is 7.46. The molecule has 0 fully saturated rings. The average Bonchev–Trinajstić information content (AvgIpc) is 3.71. The number of para-hydroxylation sites is 3. The van der Waals surface area contributed by atoms with Gasteiger partial charge in [-0.1, -0.05) is 72.8 Å². The Kier molecular flexibility index (Phi) is 10.2. The first-order valence-corrected chi connectivity index (χ1v) is 17.7. The number of ether oxygens (including phenoxy) is 1. The van der Waals surface area contributed by atoms with E-state index in [9.17, 15) is 28.7 Å². The molecule has 3 N–H and O–H groups in total. The van der Waals surface area contributed by atoms with Crippen LogP contribution < -0.4 is 10.2 Å². The highest BCUT2D eigenvalue weighted by atomic mass is 31.2. The van der Waals surface area contributed by atoms with Gasteiger partial charge in [-0.15, -0.1) is 0 Å². The largest absolute Gasteiger partial charge is 0.469 e. The van der Waals surface area contributed by atoms with Crippen LogP contribution in [-0.2, 0) is 38.3 Å². The third kappa shape index (κ3) is 7.95. The standard InChI is InChI=1S/C38H36N3O9P/c1-3-40(29-15-5-4-6-16-29)36(43)38(2,39-37(44)48-25-30-21-26-13-8-12-20-34(26)50-30)22-28-23-41(33-19-11-10-17-31(28)33)35(42)32-18-9-7-14-27(32)24-49-51(45,46)47/h4-21,23H,3,22,24-25H2,1-2H3,(H,39,44)(H2,45,46,47). The van der Waals surface area contributed by atoms with Gasteiger partial charge in [0.05, 0.1) is 12.1 Å². The van der Waals surface area contributed by atoms with Crippen LogP contribution in [0.1, 0.15) is 41.1 Å². The summed E-state index contributed by atoms with van der Waals surface area (Å²) in [5.41, 5.74) is 1.29. The Hall–Kier alpha value is -5.52. The van der Waals surface area contributed by atoms with Crippen molar-refractivity contribution < 1.29 is 42.4 Å². The summed E-state index contributed by atoms with van der Waals surface area (Å²) in [5, 5.41) is 4.35. The van der Waals surface area contributed by atoms with E-state index in [0.29, 0.717) is 40.0 Å². The fraction of sp³-hybridized carbons (Fsp3) is 0.184. The van der Waals surface area contributed by atoms with Crippen molar-refractivity contribution in [1.29, 1.82) is 0 Å². The molecule has 1 unspecified atom stereocenters. The van der Waals surface area contributed by atoms with Crippen LogP contribution in [0.5, 0.6) is 0 Å². The number of likely N-dealkylation sites (N-methyl/N-ethyl adjacent to an activating group) is 1. The van der Waals surface area contributed by atoms with E-state index in [1.807, 2.05) is 55.5 Å². The van der Waals surface area contributed by atoms with E-state index in [1.165, 1.54) is 4.57 Å². The second kappa shape index (κ2) is 14.8. The summed E-state index contributed by atoms with van der Waals surface area (Å²) in [5.74, 6) is -0.444. The van der Waals surface area contributed by atoms with Crippen molar-refractivity contribution in [2.24, 2.45) is 0 Å². The fourth-order valence-electron chi connectivity index (χ4n) is 6.11. The SMILES string of the molecule is CCN(C(=O)C(C)(Cc1cn(C(=O)c2ccccc2COP(=O)(O)O)c2ccccc12)NC(=O)OCc1cc2ccccc2o1)c1ccccc1. The average molecular weight is 710 g/mol. The van der Waals surface area contributed by atoms with Gasteiger partial charge in [-0.25, -0.2) is 9.36 Å². The smallest absolute Gasteiger partial charge is 0.457 e. The molecule has 2 amide bonds. The van der Waals surface area contributed by atoms with Gasteiger partial charge in [-0.05, 0) is 61.4 Å². The normalized spacial score (nSPS) is 12.8. The number of carbonyl (C=O) groups excluding carboxylic acids is 3. The second-order valence-electron chi connectivity index (χ2n) is 12.1. The van der Waals surface area contributed by atoms with Gasteiger partial charge in [0.2, 0.25) is 0 Å². The van der Waals surface area contributed by atoms with Gasteiger partial charge in [0.25, 0.3) is 11.8 Å². The minimum Gasteiger partial charge on any atom is -0.457 e. The van der Waals surface area contributed by atoms with Gasteiger partial charge in [-0.3, -0.25) is 18.7 Å². The Balaban J connectivity index is 1.34. The summed E-state index contributed by atoms with van der Waals surface area (Å²) in [6.45, 7) is 3.11. The number of fused-ring (bicyclic) bond motifs is 2. The Labute approximate surface area is 293 Å². The lowest BCUT2D eigenvalue weighted by Crippen LogP contribution is -2.59. The minimum absolute atomic E-state index is 0.0291. The van der Waals surface area contributed by atoms with Gasteiger partial charge in [0.1, 0.15) is 16.9 Å². The Morgan fingerprint density at radius 1 is 0.882 bits per heavy atom. The highest BCUT2D eigenvalue weighted by Crippen LogP contribution is 2.37. The first-order chi connectivity index (χ1) is 24.5. The van der Waals surface area contributed by atoms with Gasteiger partial charge in [0, 0.05) is 41.2 Å². The number of anilines is 1. The molecular weight excluding hydrogens is 673 g/mol. The van der Waals surface area contributed by atoms with Crippen LogP contribution in [0, 0.1) is 0 Å². The number of amides is 2. The number of furan rings is 1. The first kappa shape index (κ1) is 35.3. The summed E-state index contributed by atoms with van der Waals surface area (Å²) in [6.07, 6.45) is 0.743. The summed E-state index contributed by atoms with van der Waals surface area (Å²) in [7, 11) is -4.80. The molecule has 1 atom stereocenters. The number of carbonyl (C=O) groups is 3. The molecule has 0 spiro atoms. The second-order valence-corrected chi connectivity index (χ2v) is 13.4. The maximum atomic E-state index is 14.5. The molecule has 6 rings (SSSR count). The Morgan fingerprint density at radius 3 is 2.31 bits per heavy atom. The van der Waals surface area contributed by atoms with Gasteiger partial charge >= 0.3 is 13.9 Å². The number of benzene rings is 4. The number of hydrogen-bond acceptors (Lipinski definition) is 7. The Morgan fingerprint density at radius 2 is 1.57 bits per heavy atom. The fourth-order valence-corrected chi connectivity index (χ4v) is 6.41. The molecule has 0 radical (unpaired) electrons. The number of hydrogen-bond donors (Lipinski definition) is 3. The van der Waals surface area contributed by atoms with Crippen molar-refractivity contribution in [3.8, 4) is 0 Å². The molecule has 0 bridgehead atoms. The maximum absolute atomic E-state index is 14.5. The highest BCUT2D eigenvalue weighted by Gasteiger charge is 2.40. The molecule has 2 aromatic heterocycles. The molecule has 4 aromatic carbocycles. The molecule has 0 aliphatic carbocycles. The molecule has 2 heterocycles. The molecule has 12 nitrogen and oxygen atoms in total. The molecular formula is C38H36N3O9P. The zero-order chi connectivity index (χ0) is 36.2. The van der Waals surface area contributed by atoms with Gasteiger partial charge in [0.15, 0.2) is 6.61 Å². The van der Waals surface area contributed by atoms with Crippen molar-refractivity contribution in [3.63, 3.8) is 0 Å². The van der Waals surface area contributed by atoms with Crippen molar-refractivity contribution in [1.82, 2.24) is 9.88 Å². The van der Waals surface area contributed by atoms with Gasteiger partial charge < -0.3 is 29.2 Å². The first-order valence-electron chi connectivity index (χ1n) is 16.2. The molecule has 6 aromatic rings. The van der Waals surface area contributed by atoms with E-state index in [2.05, 4.69) is 5.32 Å². The third-order valence-electron chi connectivity index (χ3n) is 8.49. The molecule has 0 saturated heterocycles. The van der Waals surface area contributed by atoms with Gasteiger partial charge in [-0.2, -0.15) is 0 Å². The predicted molar refractivity (Wildman–Crippen MR) is 191 cm³/mol. The van der Waals surface area contributed by atoms with E-state index in [4.69, 9.17) is 13.7 Å². The van der Waals surface area contributed by atoms with E-state index < -0.39 is 37.9 Å². The van der Waals surface area contributed by atoms with Crippen LogP contribution in [0.15, 0.2) is 120 Å². The van der Waals surface area contributed by atoms with Crippen molar-refractivity contribution in [2.75, 3.05) is 11.4 Å². The van der Waals surface area contributed by atoms with E-state index in [0.717, 1.165) is 5.39 Å². The number of phosphoric ester groups is 1. The lowest BCUT2D eigenvalue weighted by molar-refractivity contribution is -0.124. The summed E-state index contributed by atoms with van der Waals surface area (Å²) < 4.78 is 28.9. The number of rotatable bonds is 12. The predicted octanol–water partition coefficient (Wildman–Crippen LogP) is 6.97. The van der Waals surface area contributed by atoms with Crippen molar-refractivity contribution >= 4 is 53.3 Å². The van der Waals surface area contributed by atoms with Crippen LogP contribution in [0.3, 0.4) is 0 Å². The Bertz CT molecular complexity index is 2230. The molecule has 0 saturated carbocycles. The molecule has 13 heteroatoms. The van der Waals surface area contributed by atoms with Crippen LogP contribution >= 0.6 is 7.82 Å². The third-order valence-corrected chi connectivity index (χ3v) is 8.96. The van der Waals surface area contributed by atoms with E-state index in [-0.39, 0.29) is 24.2 Å². The topological polar surface area (TPSA) is 161 Å². The summed E-state index contributed by atoms with van der Waals surface area (Å²) in [6, 6.07) is 31.8. The molecule has 262 valence electrons. The zero-order valence-corrected chi connectivity index (χ0v) is 28.8.